The molecule has 2 aromatic carbocycles. The number of nitrogens with two attached hydrogens (primary N) is 2. The van der Waals surface area contributed by atoms with Gasteiger partial charge in [0, 0.05) is 49.0 Å². The third-order valence-corrected chi connectivity index (χ3v) is 8.18. The van der Waals surface area contributed by atoms with Crippen LogP contribution in [0.25, 0.3) is 28.0 Å². The lowest BCUT2D eigenvalue weighted by Gasteiger charge is -2.19. The molecule has 7 N–H and O–H groups in total. The Morgan fingerprint density at radius 1 is 1.09 bits per heavy atom. The van der Waals surface area contributed by atoms with Crippen LogP contribution in [-0.4, -0.2) is 44.6 Å². The molecule has 0 radical (unpaired) electrons. The molecular formula is C35H41ClFN9O. The quantitative estimate of drug-likeness (QED) is 0.0707. The van der Waals surface area contributed by atoms with Gasteiger partial charge in [0.2, 0.25) is 0 Å². The first kappa shape index (κ1) is 33.6. The van der Waals surface area contributed by atoms with Crippen molar-refractivity contribution in [1.82, 2.24) is 24.8 Å². The van der Waals surface area contributed by atoms with Gasteiger partial charge in [-0.1, -0.05) is 50.1 Å². The van der Waals surface area contributed by atoms with Crippen LogP contribution in [0.15, 0.2) is 82.8 Å². The molecule has 0 unspecified atom stereocenters. The van der Waals surface area contributed by atoms with E-state index in [-0.39, 0.29) is 17.0 Å². The van der Waals surface area contributed by atoms with Crippen LogP contribution in [0.5, 0.6) is 0 Å². The molecule has 0 aliphatic carbocycles. The smallest absolute Gasteiger partial charge is 0.354 e. The summed E-state index contributed by atoms with van der Waals surface area (Å²) in [5.74, 6) is 0.942. The highest BCUT2D eigenvalue weighted by Gasteiger charge is 2.16. The van der Waals surface area contributed by atoms with Gasteiger partial charge in [0.05, 0.1) is 16.4 Å². The predicted octanol–water partition coefficient (Wildman–Crippen LogP) is 5.78. The molecule has 0 fully saturated rings. The molecule has 0 spiro atoms. The van der Waals surface area contributed by atoms with E-state index in [0.717, 1.165) is 36.2 Å². The van der Waals surface area contributed by atoms with E-state index in [2.05, 4.69) is 44.4 Å². The topological polar surface area (TPSA) is 152 Å². The number of guanidine groups is 1. The fourth-order valence-corrected chi connectivity index (χ4v) is 5.62. The van der Waals surface area contributed by atoms with Crippen molar-refractivity contribution in [2.45, 2.75) is 52.1 Å². The summed E-state index contributed by atoms with van der Waals surface area (Å²) in [5.41, 5.74) is 14.5. The second kappa shape index (κ2) is 15.7. The van der Waals surface area contributed by atoms with E-state index < -0.39 is 11.5 Å². The fourth-order valence-electron chi connectivity index (χ4n) is 5.38. The third kappa shape index (κ3) is 9.17. The molecule has 3 aromatic heterocycles. The maximum Gasteiger partial charge on any atom is 0.354 e. The van der Waals surface area contributed by atoms with Gasteiger partial charge in [-0.05, 0) is 78.8 Å². The fraction of sp³-hybridized carbons (Fsp3) is 0.314. The number of anilines is 1. The number of benzene rings is 2. The Morgan fingerprint density at radius 2 is 1.89 bits per heavy atom. The second-order valence-electron chi connectivity index (χ2n) is 12.0. The van der Waals surface area contributed by atoms with Crippen LogP contribution in [0, 0.1) is 11.7 Å². The monoisotopic (exact) mass is 657 g/mol. The number of rotatable bonds is 15. The van der Waals surface area contributed by atoms with Crippen molar-refractivity contribution in [1.29, 1.82) is 0 Å². The van der Waals surface area contributed by atoms with Crippen molar-refractivity contribution in [3.63, 3.8) is 0 Å². The lowest BCUT2D eigenvalue weighted by atomic mass is 10.00. The first-order valence-electron chi connectivity index (χ1n) is 15.8. The number of hydrogen-bond donors (Lipinski definition) is 5. The lowest BCUT2D eigenvalue weighted by molar-refractivity contribution is 0.502. The summed E-state index contributed by atoms with van der Waals surface area (Å²) in [4.78, 5) is 28.9. The molecule has 0 amide bonds. The number of aromatic nitrogens is 4. The van der Waals surface area contributed by atoms with Crippen LogP contribution in [0.3, 0.4) is 0 Å². The molecule has 246 valence electrons. The Balaban J connectivity index is 1.29. The van der Waals surface area contributed by atoms with E-state index in [1.807, 2.05) is 48.5 Å². The van der Waals surface area contributed by atoms with Gasteiger partial charge in [-0.3, -0.25) is 9.56 Å². The Kier molecular flexibility index (Phi) is 11.2. The SMILES string of the molecule is CC(C)CCCc1cc(Cl)c(F)c(-c2cc3cn(-c4ccc(CN[C@H](CCN=C(N)N)CNc5ccccn5)cc4)c(=O)nc3[nH]2)c1. The van der Waals surface area contributed by atoms with E-state index in [4.69, 9.17) is 23.1 Å². The van der Waals surface area contributed by atoms with Gasteiger partial charge >= 0.3 is 5.69 Å². The lowest BCUT2D eigenvalue weighted by Crippen LogP contribution is -2.36. The molecule has 3 heterocycles. The van der Waals surface area contributed by atoms with Crippen LogP contribution in [0.1, 0.15) is 44.2 Å². The number of aliphatic imine (C=N–C) groups is 1. The molecule has 12 heteroatoms. The van der Waals surface area contributed by atoms with Crippen LogP contribution in [-0.2, 0) is 13.0 Å². The van der Waals surface area contributed by atoms with Gasteiger partial charge in [0.15, 0.2) is 11.8 Å². The molecule has 0 aliphatic rings. The summed E-state index contributed by atoms with van der Waals surface area (Å²) in [7, 11) is 0. The zero-order chi connectivity index (χ0) is 33.3. The number of aromatic amines is 1. The van der Waals surface area contributed by atoms with Crippen molar-refractivity contribution in [3.05, 3.63) is 106 Å². The summed E-state index contributed by atoms with van der Waals surface area (Å²) in [6.07, 6.45) is 7.05. The molecule has 0 saturated heterocycles. The Bertz CT molecular complexity index is 1870. The number of nitrogens with one attached hydrogen (secondary N) is 3. The zero-order valence-electron chi connectivity index (χ0n) is 26.6. The zero-order valence-corrected chi connectivity index (χ0v) is 27.4. The number of nitrogens with zero attached hydrogens (tertiary/aromatic N) is 4. The normalized spacial score (nSPS) is 12.0. The number of H-pyrrole nitrogens is 1. The van der Waals surface area contributed by atoms with Gasteiger partial charge in [0.1, 0.15) is 11.5 Å². The molecule has 1 atom stereocenters. The van der Waals surface area contributed by atoms with Crippen LogP contribution in [0.4, 0.5) is 10.2 Å². The van der Waals surface area contributed by atoms with E-state index >= 15 is 4.39 Å². The number of halogens is 2. The number of hydrogen-bond acceptors (Lipinski definition) is 6. The first-order chi connectivity index (χ1) is 22.7. The summed E-state index contributed by atoms with van der Waals surface area (Å²) < 4.78 is 16.7. The van der Waals surface area contributed by atoms with Crippen molar-refractivity contribution in [2.75, 3.05) is 18.4 Å². The minimum atomic E-state index is -0.503. The number of pyridine rings is 1. The van der Waals surface area contributed by atoms with E-state index in [1.165, 1.54) is 4.57 Å². The molecular weight excluding hydrogens is 617 g/mol. The summed E-state index contributed by atoms with van der Waals surface area (Å²) in [6, 6.07) is 18.8. The van der Waals surface area contributed by atoms with Crippen molar-refractivity contribution in [3.8, 4) is 16.9 Å². The minimum absolute atomic E-state index is 0.0640. The summed E-state index contributed by atoms with van der Waals surface area (Å²) >= 11 is 6.28. The highest BCUT2D eigenvalue weighted by atomic mass is 35.5. The Hall–Kier alpha value is -4.74. The van der Waals surface area contributed by atoms with Crippen molar-refractivity contribution < 1.29 is 4.39 Å². The van der Waals surface area contributed by atoms with Gasteiger partial charge in [0.25, 0.3) is 0 Å². The van der Waals surface area contributed by atoms with E-state index in [0.29, 0.717) is 60.0 Å². The van der Waals surface area contributed by atoms with Gasteiger partial charge < -0.3 is 27.1 Å². The van der Waals surface area contributed by atoms with Crippen molar-refractivity contribution >= 4 is 34.4 Å². The molecule has 5 rings (SSSR count). The highest BCUT2D eigenvalue weighted by Crippen LogP contribution is 2.31. The van der Waals surface area contributed by atoms with Crippen molar-refractivity contribution in [2.24, 2.45) is 22.4 Å². The van der Waals surface area contributed by atoms with Gasteiger partial charge in [-0.2, -0.15) is 4.98 Å². The van der Waals surface area contributed by atoms with Gasteiger partial charge in [-0.15, -0.1) is 0 Å². The molecule has 10 nitrogen and oxygen atoms in total. The molecule has 0 aliphatic heterocycles. The molecule has 0 bridgehead atoms. The average Bonchev–Trinajstić information content (AvgIpc) is 3.46. The minimum Gasteiger partial charge on any atom is -0.370 e. The number of fused-ring (bicyclic) bond motifs is 1. The van der Waals surface area contributed by atoms with Crippen LogP contribution >= 0.6 is 11.6 Å². The number of aryl methyl sites for hydroxylation is 1. The molecule has 5 aromatic rings. The Labute approximate surface area is 278 Å². The standard InChI is InChI=1S/C35H41ClFN9O/c1-22(2)6-5-7-24-16-28(32(37)29(36)17-24)30-18-25-21-46(35(47)45-33(25)44-30)27-11-9-23(10-12-27)19-42-26(13-15-41-34(38)39)20-43-31-8-3-4-14-40-31/h3-4,8-12,14,16-18,21-22,26,42H,5-7,13,15,19-20H2,1-2H3,(H,40,43)(H4,38,39,41)(H,44,45,47)/t26-/m1/s1. The second-order valence-corrected chi connectivity index (χ2v) is 12.4. The predicted molar refractivity (Wildman–Crippen MR) is 189 cm³/mol. The maximum absolute atomic E-state index is 15.2. The molecule has 0 saturated carbocycles. The van der Waals surface area contributed by atoms with Crippen LogP contribution < -0.4 is 27.8 Å². The molecule has 47 heavy (non-hydrogen) atoms. The van der Waals surface area contributed by atoms with E-state index in [1.54, 1.807) is 24.5 Å². The highest BCUT2D eigenvalue weighted by molar-refractivity contribution is 6.31. The average molecular weight is 658 g/mol. The Morgan fingerprint density at radius 3 is 2.62 bits per heavy atom. The third-order valence-electron chi connectivity index (χ3n) is 7.91. The first-order valence-corrected chi connectivity index (χ1v) is 16.2. The summed E-state index contributed by atoms with van der Waals surface area (Å²) in [6.45, 7) is 6.08. The summed E-state index contributed by atoms with van der Waals surface area (Å²) in [5, 5.41) is 7.65. The maximum atomic E-state index is 15.2. The largest absolute Gasteiger partial charge is 0.370 e. The van der Waals surface area contributed by atoms with E-state index in [9.17, 15) is 4.79 Å². The van der Waals surface area contributed by atoms with Crippen LogP contribution in [0.2, 0.25) is 5.02 Å². The van der Waals surface area contributed by atoms with Gasteiger partial charge in [-0.25, -0.2) is 14.2 Å².